The topological polar surface area (TPSA) is 426 Å². The minimum atomic E-state index is -5.89. The van der Waals surface area contributed by atoms with E-state index in [1.54, 1.807) is 6.92 Å². The SMILES string of the molecule is C.C.C.C.CCC(=O)OCC(COP(=O)([O-])OCCCC(=O)COCCOCC(=O)NCCCC(O)(P(=O)([O-])O)P(=O)([O-])O)OC(=O)CC.[NH4+].[NH4+].[NH4+]. The minimum absolute atomic E-state index is 0. The van der Waals surface area contributed by atoms with Gasteiger partial charge in [0.2, 0.25) is 5.91 Å². The van der Waals surface area contributed by atoms with Crippen molar-refractivity contribution in [3.05, 3.63) is 0 Å². The Morgan fingerprint density at radius 2 is 1.25 bits per heavy atom. The number of ketones is 1. The Hall–Kier alpha value is -1.75. The highest BCUT2D eigenvalue weighted by Crippen LogP contribution is 2.65. The number of ether oxygens (including phenoxy) is 4. The summed E-state index contributed by atoms with van der Waals surface area (Å²) in [6.07, 6.45) is -2.81. The molecule has 52 heavy (non-hydrogen) atoms. The molecule has 4 unspecified atom stereocenters. The summed E-state index contributed by atoms with van der Waals surface area (Å²) in [6.45, 7) is 0.169. The lowest BCUT2D eigenvalue weighted by Crippen LogP contribution is -2.38. The maximum Gasteiger partial charge on any atom is 0.305 e. The van der Waals surface area contributed by atoms with Gasteiger partial charge >= 0.3 is 11.9 Å². The summed E-state index contributed by atoms with van der Waals surface area (Å²) >= 11 is 0. The Kier molecular flexibility index (Phi) is 44.4. The van der Waals surface area contributed by atoms with Gasteiger partial charge in [0.15, 0.2) is 32.2 Å². The number of esters is 2. The van der Waals surface area contributed by atoms with Gasteiger partial charge in [-0.3, -0.25) is 23.7 Å². The fourth-order valence-corrected chi connectivity index (χ4v) is 5.85. The summed E-state index contributed by atoms with van der Waals surface area (Å²) in [7, 11) is -16.6. The highest BCUT2D eigenvalue weighted by molar-refractivity contribution is 7.70. The molecule has 0 radical (unpaired) electrons. The number of carbonyl (C=O) groups is 4. The van der Waals surface area contributed by atoms with Crippen LogP contribution in [0.3, 0.4) is 0 Å². The molecule has 0 aliphatic rings. The molecule has 0 rings (SSSR count). The predicted octanol–water partition coefficient (Wildman–Crippen LogP) is 1.45. The van der Waals surface area contributed by atoms with E-state index < -0.39 is 97.1 Å². The number of hydrogen-bond donors (Lipinski definition) is 7. The van der Waals surface area contributed by atoms with Crippen LogP contribution in [0.2, 0.25) is 0 Å². The van der Waals surface area contributed by atoms with Gasteiger partial charge in [-0.15, -0.1) is 0 Å². The van der Waals surface area contributed by atoms with Gasteiger partial charge in [0.25, 0.3) is 7.82 Å². The average Bonchev–Trinajstić information content (AvgIpc) is 2.94. The highest BCUT2D eigenvalue weighted by atomic mass is 31.2. The molecule has 23 nitrogen and oxygen atoms in total. The molecule has 0 heterocycles. The van der Waals surface area contributed by atoms with Crippen molar-refractivity contribution in [2.75, 3.05) is 52.8 Å². The first-order valence-electron chi connectivity index (χ1n) is 13.5. The summed E-state index contributed by atoms with van der Waals surface area (Å²) in [5.41, 5.74) is 0. The van der Waals surface area contributed by atoms with E-state index in [9.17, 15) is 52.7 Å². The summed E-state index contributed by atoms with van der Waals surface area (Å²) < 4.78 is 63.4. The van der Waals surface area contributed by atoms with Gasteiger partial charge in [-0.25, -0.2) is 0 Å². The molecule has 0 aliphatic carbocycles. The van der Waals surface area contributed by atoms with Crippen molar-refractivity contribution in [2.45, 2.75) is 93.3 Å². The van der Waals surface area contributed by atoms with Gasteiger partial charge in [-0.2, -0.15) is 0 Å². The van der Waals surface area contributed by atoms with Crippen LogP contribution in [0.1, 0.15) is 82.1 Å². The van der Waals surface area contributed by atoms with Crippen molar-refractivity contribution >= 4 is 46.6 Å². The molecule has 320 valence electrons. The summed E-state index contributed by atoms with van der Waals surface area (Å²) in [5.74, 6) is -2.37. The largest absolute Gasteiger partial charge is 0.776 e. The number of phosphoric ester groups is 1. The maximum atomic E-state index is 11.9. The van der Waals surface area contributed by atoms with E-state index in [0.29, 0.717) is 0 Å². The second-order valence-corrected chi connectivity index (χ2v) is 14.4. The first kappa shape index (κ1) is 68.3. The van der Waals surface area contributed by atoms with Crippen LogP contribution in [-0.2, 0) is 60.9 Å². The third-order valence-electron chi connectivity index (χ3n) is 5.36. The zero-order valence-corrected chi connectivity index (χ0v) is 30.4. The molecule has 0 aromatic heterocycles. The molecule has 0 aromatic rings. The van der Waals surface area contributed by atoms with E-state index in [1.165, 1.54) is 6.92 Å². The number of Topliss-reactive ketones (excluding diaryl/α,β-unsaturated/α-hetero) is 1. The van der Waals surface area contributed by atoms with Crippen LogP contribution in [0, 0.1) is 0 Å². The highest BCUT2D eigenvalue weighted by Gasteiger charge is 2.46. The van der Waals surface area contributed by atoms with Crippen LogP contribution in [0.4, 0.5) is 0 Å². The van der Waals surface area contributed by atoms with Crippen LogP contribution in [-0.4, -0.2) is 103 Å². The molecule has 0 aliphatic heterocycles. The summed E-state index contributed by atoms with van der Waals surface area (Å²) in [6, 6.07) is 0. The number of nitrogens with one attached hydrogen (secondary N) is 1. The Balaban J connectivity index is -0.000000461. The second-order valence-electron chi connectivity index (χ2n) is 9.09. The lowest BCUT2D eigenvalue weighted by molar-refractivity contribution is -0.229. The standard InChI is InChI=1S/C22H42NO19P3.4CH4.3H3N/c1-3-20(26)39-14-18(42-21(27)4-2)15-41-45(35,36)40-10-5-7-17(24)13-37-11-12-38-16-19(25)23-9-6-8-22(28,43(29,30)31)44(32,33)34;;;;;;;/h18,28H,3-16H2,1-2H3,(H,23,25)(H,35,36)(H2,29,30,31)(H2,32,33,34);4*1H4;3*1H3. The van der Waals surface area contributed by atoms with Crippen molar-refractivity contribution in [3.63, 3.8) is 0 Å². The van der Waals surface area contributed by atoms with Gasteiger partial charge in [0.1, 0.15) is 19.8 Å². The van der Waals surface area contributed by atoms with Gasteiger partial charge in [0, 0.05) is 25.8 Å². The van der Waals surface area contributed by atoms with E-state index in [4.69, 9.17) is 28.7 Å². The van der Waals surface area contributed by atoms with Gasteiger partial charge in [-0.05, 0) is 19.3 Å². The second kappa shape index (κ2) is 33.8. The minimum Gasteiger partial charge on any atom is -0.776 e. The molecule has 0 saturated carbocycles. The van der Waals surface area contributed by atoms with Crippen molar-refractivity contribution < 1.29 is 90.4 Å². The first-order valence-corrected chi connectivity index (χ1v) is 18.1. The normalized spacial score (nSPS) is 15.2. The molecule has 16 N–H and O–H groups in total. The Labute approximate surface area is 306 Å². The van der Waals surface area contributed by atoms with Crippen LogP contribution in [0.5, 0.6) is 0 Å². The fourth-order valence-electron chi connectivity index (χ4n) is 2.92. The number of rotatable bonds is 26. The van der Waals surface area contributed by atoms with Crippen molar-refractivity contribution in [1.29, 1.82) is 0 Å². The zero-order chi connectivity index (χ0) is 34.7. The Bertz CT molecular complexity index is 1080. The van der Waals surface area contributed by atoms with Gasteiger partial charge < -0.3 is 90.5 Å². The third kappa shape index (κ3) is 29.7. The number of amides is 1. The Morgan fingerprint density at radius 3 is 1.73 bits per heavy atom. The average molecular weight is 833 g/mol. The predicted molar refractivity (Wildman–Crippen MR) is 189 cm³/mol. The Morgan fingerprint density at radius 1 is 0.750 bits per heavy atom. The number of phosphoric acid groups is 1. The van der Waals surface area contributed by atoms with E-state index >= 15 is 0 Å². The molecule has 0 aromatic carbocycles. The van der Waals surface area contributed by atoms with E-state index in [-0.39, 0.29) is 100 Å². The van der Waals surface area contributed by atoms with E-state index in [2.05, 4.69) is 14.4 Å². The van der Waals surface area contributed by atoms with Gasteiger partial charge in [-0.1, -0.05) is 43.6 Å². The quantitative estimate of drug-likeness (QED) is 0.0368. The van der Waals surface area contributed by atoms with E-state index in [0.717, 1.165) is 0 Å². The zero-order valence-electron chi connectivity index (χ0n) is 27.7. The fraction of sp³-hybridized carbons (Fsp3) is 0.846. The number of aliphatic hydroxyl groups is 1. The molecular formula is C26H67N4O19P3. The number of hydrogen-bond acceptors (Lipinski definition) is 17. The van der Waals surface area contributed by atoms with Crippen molar-refractivity contribution in [1.82, 2.24) is 23.8 Å². The monoisotopic (exact) mass is 832 g/mol. The molecule has 4 atom stereocenters. The van der Waals surface area contributed by atoms with Gasteiger partial charge in [0.05, 0.1) is 26.4 Å². The summed E-state index contributed by atoms with van der Waals surface area (Å²) in [4.78, 5) is 98.3. The van der Waals surface area contributed by atoms with E-state index in [1.807, 2.05) is 0 Å². The molecule has 0 saturated heterocycles. The van der Waals surface area contributed by atoms with Crippen molar-refractivity contribution in [3.8, 4) is 0 Å². The molecule has 0 fully saturated rings. The summed E-state index contributed by atoms with van der Waals surface area (Å²) in [5, 5.41) is 8.05. The first-order chi connectivity index (χ1) is 20.8. The number of carbonyl (C=O) groups excluding carboxylic acids is 4. The molecule has 0 spiro atoms. The van der Waals surface area contributed by atoms with Crippen LogP contribution in [0.25, 0.3) is 0 Å². The molecule has 1 amide bonds. The number of quaternary nitrogens is 3. The van der Waals surface area contributed by atoms with Crippen LogP contribution >= 0.6 is 23.0 Å². The third-order valence-corrected chi connectivity index (χ3v) is 10.1. The van der Waals surface area contributed by atoms with Crippen LogP contribution < -0.4 is 38.4 Å². The maximum absolute atomic E-state index is 11.9. The van der Waals surface area contributed by atoms with Crippen LogP contribution in [0.15, 0.2) is 0 Å². The lowest BCUT2D eigenvalue weighted by Gasteiger charge is -2.42. The van der Waals surface area contributed by atoms with Crippen molar-refractivity contribution in [2.24, 2.45) is 0 Å². The molecule has 26 heteroatoms. The molecular weight excluding hydrogens is 765 g/mol. The smallest absolute Gasteiger partial charge is 0.305 e. The lowest BCUT2D eigenvalue weighted by atomic mass is 10.2. The molecule has 0 bridgehead atoms.